The van der Waals surface area contributed by atoms with E-state index < -0.39 is 12.0 Å². The maximum atomic E-state index is 14.0. The van der Waals surface area contributed by atoms with Crippen LogP contribution in [0, 0.1) is 0 Å². The average molecular weight is 553 g/mol. The number of esters is 1. The van der Waals surface area contributed by atoms with Crippen molar-refractivity contribution in [1.82, 2.24) is 4.57 Å². The number of hydrogen-bond donors (Lipinski definition) is 0. The number of hydrogen-bond acceptors (Lipinski definition) is 9. The Hall–Kier alpha value is -4.05. The molecule has 4 rings (SSSR count). The normalized spacial score (nSPS) is 14.9. The summed E-state index contributed by atoms with van der Waals surface area (Å²) in [7, 11) is 3.11. The molecule has 0 radical (unpaired) electrons. The van der Waals surface area contributed by atoms with Gasteiger partial charge < -0.3 is 23.7 Å². The number of thiazole rings is 1. The second-order valence-corrected chi connectivity index (χ2v) is 9.43. The number of ether oxygens (including phenoxy) is 5. The zero-order chi connectivity index (χ0) is 28.1. The molecule has 0 saturated carbocycles. The Balaban J connectivity index is 2.02. The van der Waals surface area contributed by atoms with Crippen molar-refractivity contribution in [3.63, 3.8) is 0 Å². The first-order valence-corrected chi connectivity index (χ1v) is 13.5. The van der Waals surface area contributed by atoms with E-state index in [1.54, 1.807) is 52.3 Å². The van der Waals surface area contributed by atoms with Gasteiger partial charge in [0.25, 0.3) is 5.56 Å². The third kappa shape index (κ3) is 5.29. The molecule has 0 aliphatic carbocycles. The van der Waals surface area contributed by atoms with E-state index in [1.165, 1.54) is 15.9 Å². The molecule has 0 N–H and O–H groups in total. The van der Waals surface area contributed by atoms with Crippen molar-refractivity contribution >= 4 is 23.4 Å². The molecule has 0 fully saturated rings. The molecule has 1 atom stereocenters. The third-order valence-corrected chi connectivity index (χ3v) is 7.12. The molecule has 2 aromatic carbocycles. The second-order valence-electron chi connectivity index (χ2n) is 8.43. The highest BCUT2D eigenvalue weighted by atomic mass is 32.1. The summed E-state index contributed by atoms with van der Waals surface area (Å²) in [6, 6.07) is 10.1. The minimum absolute atomic E-state index is 0.180. The molecule has 0 spiro atoms. The summed E-state index contributed by atoms with van der Waals surface area (Å²) >= 11 is 1.23. The SMILES string of the molecule is CCOC(=O)C1=C(C)N=c2s/c(=C/c3cccc(OC)c3OCC)c(=O)n2[C@H]1c1cccc(OC)c1OCC. The van der Waals surface area contributed by atoms with E-state index >= 15 is 0 Å². The number of para-hydroxylation sites is 2. The van der Waals surface area contributed by atoms with E-state index in [9.17, 15) is 9.59 Å². The van der Waals surface area contributed by atoms with Crippen LogP contribution in [0.5, 0.6) is 23.0 Å². The van der Waals surface area contributed by atoms with E-state index in [0.717, 1.165) is 0 Å². The zero-order valence-corrected chi connectivity index (χ0v) is 23.7. The lowest BCUT2D eigenvalue weighted by molar-refractivity contribution is -0.139. The van der Waals surface area contributed by atoms with Gasteiger partial charge in [-0.1, -0.05) is 35.6 Å². The summed E-state index contributed by atoms with van der Waals surface area (Å²) in [5, 5.41) is 0. The molecule has 10 heteroatoms. The van der Waals surface area contributed by atoms with Gasteiger partial charge in [0.2, 0.25) is 0 Å². The van der Waals surface area contributed by atoms with Crippen molar-refractivity contribution in [2.24, 2.45) is 4.99 Å². The molecule has 39 heavy (non-hydrogen) atoms. The van der Waals surface area contributed by atoms with Crippen molar-refractivity contribution in [3.05, 3.63) is 78.5 Å². The summed E-state index contributed by atoms with van der Waals surface area (Å²) in [6.45, 7) is 8.20. The molecule has 0 bridgehead atoms. The number of rotatable bonds is 10. The van der Waals surface area contributed by atoms with Gasteiger partial charge >= 0.3 is 5.97 Å². The van der Waals surface area contributed by atoms with E-state index in [-0.39, 0.29) is 17.7 Å². The fourth-order valence-electron chi connectivity index (χ4n) is 4.54. The first kappa shape index (κ1) is 28.0. The predicted molar refractivity (Wildman–Crippen MR) is 149 cm³/mol. The van der Waals surface area contributed by atoms with Crippen molar-refractivity contribution in [3.8, 4) is 23.0 Å². The van der Waals surface area contributed by atoms with Gasteiger partial charge in [0.1, 0.15) is 6.04 Å². The van der Waals surface area contributed by atoms with Crippen molar-refractivity contribution in [2.75, 3.05) is 34.0 Å². The lowest BCUT2D eigenvalue weighted by Crippen LogP contribution is -2.40. The number of benzene rings is 2. The van der Waals surface area contributed by atoms with Crippen LogP contribution in [0.4, 0.5) is 0 Å². The predicted octanol–water partition coefficient (Wildman–Crippen LogP) is 3.61. The Kier molecular flexibility index (Phi) is 8.75. The van der Waals surface area contributed by atoms with Gasteiger partial charge in [0.15, 0.2) is 27.8 Å². The highest BCUT2D eigenvalue weighted by Crippen LogP contribution is 2.41. The first-order chi connectivity index (χ1) is 18.9. The van der Waals surface area contributed by atoms with E-state index in [0.29, 0.717) is 62.4 Å². The Morgan fingerprint density at radius 2 is 1.62 bits per heavy atom. The van der Waals surface area contributed by atoms with E-state index in [1.807, 2.05) is 32.0 Å². The summed E-state index contributed by atoms with van der Waals surface area (Å²) in [5.41, 5.74) is 1.70. The quantitative estimate of drug-likeness (QED) is 0.355. The van der Waals surface area contributed by atoms with Gasteiger partial charge in [-0.05, 0) is 45.9 Å². The largest absolute Gasteiger partial charge is 0.493 e. The molecule has 0 amide bonds. The minimum atomic E-state index is -0.837. The molecule has 206 valence electrons. The molecule has 1 aliphatic rings. The van der Waals surface area contributed by atoms with Crippen LogP contribution in [0.2, 0.25) is 0 Å². The van der Waals surface area contributed by atoms with E-state index in [2.05, 4.69) is 4.99 Å². The molecule has 0 unspecified atom stereocenters. The summed E-state index contributed by atoms with van der Waals surface area (Å²) in [6.07, 6.45) is 1.76. The van der Waals surface area contributed by atoms with Gasteiger partial charge in [0.05, 0.1) is 49.8 Å². The lowest BCUT2D eigenvalue weighted by atomic mass is 9.94. The fourth-order valence-corrected chi connectivity index (χ4v) is 5.58. The standard InChI is InChI=1S/C29H32N2O7S/c1-7-36-25-18(12-10-14-20(25)34-5)16-22-27(32)31-24(19-13-11-15-21(35-6)26(19)37-8-2)23(28(33)38-9-3)17(4)30-29(31)39-22/h10-16,24H,7-9H2,1-6H3/b22-16+/t24-/m0/s1. The van der Waals surface area contributed by atoms with Crippen molar-refractivity contribution < 1.29 is 28.5 Å². The van der Waals surface area contributed by atoms with Crippen molar-refractivity contribution in [1.29, 1.82) is 0 Å². The molecule has 1 aliphatic heterocycles. The van der Waals surface area contributed by atoms with Crippen LogP contribution >= 0.6 is 11.3 Å². The van der Waals surface area contributed by atoms with Crippen LogP contribution in [0.15, 0.2) is 57.5 Å². The van der Waals surface area contributed by atoms with Crippen LogP contribution in [0.25, 0.3) is 6.08 Å². The number of carbonyl (C=O) groups is 1. The summed E-state index contributed by atoms with van der Waals surface area (Å²) in [5.74, 6) is 1.50. The summed E-state index contributed by atoms with van der Waals surface area (Å²) < 4.78 is 30.2. The Bertz CT molecular complexity index is 1590. The molecule has 3 aromatic rings. The van der Waals surface area contributed by atoms with Gasteiger partial charge in [-0.15, -0.1) is 0 Å². The van der Waals surface area contributed by atoms with Gasteiger partial charge in [0, 0.05) is 11.1 Å². The Morgan fingerprint density at radius 3 is 2.26 bits per heavy atom. The van der Waals surface area contributed by atoms with Gasteiger partial charge in [-0.25, -0.2) is 9.79 Å². The molecular formula is C29H32N2O7S. The molecular weight excluding hydrogens is 520 g/mol. The fraction of sp³-hybridized carbons (Fsp3) is 0.345. The second kappa shape index (κ2) is 12.2. The topological polar surface area (TPSA) is 97.6 Å². The number of fused-ring (bicyclic) bond motifs is 1. The van der Waals surface area contributed by atoms with Crippen LogP contribution in [0.3, 0.4) is 0 Å². The highest BCUT2D eigenvalue weighted by molar-refractivity contribution is 7.07. The Morgan fingerprint density at radius 1 is 0.974 bits per heavy atom. The van der Waals surface area contributed by atoms with Gasteiger partial charge in [-0.2, -0.15) is 0 Å². The number of methoxy groups -OCH3 is 2. The lowest BCUT2D eigenvalue weighted by Gasteiger charge is -2.26. The number of nitrogens with zero attached hydrogens (tertiary/aromatic N) is 2. The number of aromatic nitrogens is 1. The van der Waals surface area contributed by atoms with E-state index in [4.69, 9.17) is 23.7 Å². The third-order valence-electron chi connectivity index (χ3n) is 6.13. The van der Waals surface area contributed by atoms with Gasteiger partial charge in [-0.3, -0.25) is 9.36 Å². The number of allylic oxidation sites excluding steroid dienone is 1. The molecule has 0 saturated heterocycles. The number of carbonyl (C=O) groups excluding carboxylic acids is 1. The molecule has 1 aromatic heterocycles. The Labute approximate surface area is 230 Å². The molecule has 9 nitrogen and oxygen atoms in total. The maximum absolute atomic E-state index is 14.0. The molecule has 2 heterocycles. The van der Waals surface area contributed by atoms with Crippen LogP contribution < -0.4 is 33.8 Å². The highest BCUT2D eigenvalue weighted by Gasteiger charge is 2.36. The maximum Gasteiger partial charge on any atom is 0.338 e. The van der Waals surface area contributed by atoms with Crippen LogP contribution in [-0.2, 0) is 9.53 Å². The average Bonchev–Trinajstić information content (AvgIpc) is 3.23. The minimum Gasteiger partial charge on any atom is -0.493 e. The van der Waals surface area contributed by atoms with Crippen LogP contribution in [-0.4, -0.2) is 44.6 Å². The van der Waals surface area contributed by atoms with Crippen molar-refractivity contribution in [2.45, 2.75) is 33.7 Å². The zero-order valence-electron chi connectivity index (χ0n) is 22.9. The smallest absolute Gasteiger partial charge is 0.338 e. The summed E-state index contributed by atoms with van der Waals surface area (Å²) in [4.78, 5) is 32.4. The first-order valence-electron chi connectivity index (χ1n) is 12.7. The monoisotopic (exact) mass is 552 g/mol. The van der Waals surface area contributed by atoms with Crippen LogP contribution in [0.1, 0.15) is 44.9 Å².